The van der Waals surface area contributed by atoms with Crippen LogP contribution in [-0.4, -0.2) is 12.5 Å². The summed E-state index contributed by atoms with van der Waals surface area (Å²) in [6, 6.07) is 5.04. The van der Waals surface area contributed by atoms with Gasteiger partial charge in [0, 0.05) is 11.6 Å². The highest BCUT2D eigenvalue weighted by Crippen LogP contribution is 2.26. The number of rotatable bonds is 5. The summed E-state index contributed by atoms with van der Waals surface area (Å²) in [5.41, 5.74) is 3.60. The summed E-state index contributed by atoms with van der Waals surface area (Å²) in [7, 11) is 0. The predicted molar refractivity (Wildman–Crippen MR) is 82.8 cm³/mol. The van der Waals surface area contributed by atoms with Crippen molar-refractivity contribution in [3.8, 4) is 0 Å². The molecule has 0 unspecified atom stereocenters. The molecule has 2 rings (SSSR count). The van der Waals surface area contributed by atoms with Crippen LogP contribution in [0.25, 0.3) is 0 Å². The van der Waals surface area contributed by atoms with E-state index in [0.29, 0.717) is 22.8 Å². The van der Waals surface area contributed by atoms with Gasteiger partial charge in [0.15, 0.2) is 0 Å². The van der Waals surface area contributed by atoms with Gasteiger partial charge in [-0.3, -0.25) is 10.6 Å². The molecule has 110 valence electrons. The van der Waals surface area contributed by atoms with E-state index in [1.54, 1.807) is 18.2 Å². The third-order valence-corrected chi connectivity index (χ3v) is 4.18. The van der Waals surface area contributed by atoms with E-state index < -0.39 is 0 Å². The summed E-state index contributed by atoms with van der Waals surface area (Å²) < 4.78 is 0. The quantitative estimate of drug-likeness (QED) is 0.576. The molecule has 0 atom stereocenters. The van der Waals surface area contributed by atoms with E-state index in [-0.39, 0.29) is 5.91 Å². The molecular formula is C15H22ClN3O. The standard InChI is InChI=1S/C15H22ClN3O/c16-12-6-7-14(19-17)13(10-12)15(20)18-9-8-11-4-2-1-3-5-11/h6-7,10-11,19H,1-5,8-9,17H2,(H,18,20). The fraction of sp³-hybridized carbons (Fsp3) is 0.533. The van der Waals surface area contributed by atoms with Crippen LogP contribution >= 0.6 is 11.6 Å². The molecule has 0 aliphatic heterocycles. The number of carbonyl (C=O) groups excluding carboxylic acids is 1. The molecule has 1 aromatic rings. The van der Waals surface area contributed by atoms with Crippen LogP contribution < -0.4 is 16.6 Å². The summed E-state index contributed by atoms with van der Waals surface area (Å²) in [5, 5.41) is 3.48. The number of hydrogen-bond acceptors (Lipinski definition) is 3. The van der Waals surface area contributed by atoms with Gasteiger partial charge in [0.25, 0.3) is 5.91 Å². The first-order valence-electron chi connectivity index (χ1n) is 7.25. The van der Waals surface area contributed by atoms with Crippen molar-refractivity contribution < 1.29 is 4.79 Å². The zero-order valence-corrected chi connectivity index (χ0v) is 12.4. The number of benzene rings is 1. The van der Waals surface area contributed by atoms with Crippen LogP contribution in [0.4, 0.5) is 5.69 Å². The van der Waals surface area contributed by atoms with Crippen LogP contribution in [0, 0.1) is 5.92 Å². The topological polar surface area (TPSA) is 67.1 Å². The normalized spacial score (nSPS) is 15.9. The number of nitrogens with two attached hydrogens (primary N) is 1. The molecule has 1 aromatic carbocycles. The number of carbonyl (C=O) groups is 1. The average Bonchev–Trinajstić information content (AvgIpc) is 2.48. The van der Waals surface area contributed by atoms with Crippen LogP contribution in [0.15, 0.2) is 18.2 Å². The number of anilines is 1. The number of nitrogens with one attached hydrogen (secondary N) is 2. The van der Waals surface area contributed by atoms with Gasteiger partial charge in [-0.15, -0.1) is 0 Å². The summed E-state index contributed by atoms with van der Waals surface area (Å²) in [4.78, 5) is 12.2. The molecule has 0 bridgehead atoms. The third-order valence-electron chi connectivity index (χ3n) is 3.94. The SMILES string of the molecule is NNc1ccc(Cl)cc1C(=O)NCCC1CCCCC1. The minimum absolute atomic E-state index is 0.128. The Morgan fingerprint density at radius 3 is 2.75 bits per heavy atom. The van der Waals surface area contributed by atoms with Gasteiger partial charge in [0.05, 0.1) is 11.3 Å². The minimum Gasteiger partial charge on any atom is -0.352 e. The first-order chi connectivity index (χ1) is 9.70. The van der Waals surface area contributed by atoms with Gasteiger partial charge >= 0.3 is 0 Å². The molecule has 1 amide bonds. The van der Waals surface area contributed by atoms with Crippen LogP contribution in [0.5, 0.6) is 0 Å². The molecule has 4 nitrogen and oxygen atoms in total. The molecule has 0 heterocycles. The van der Waals surface area contributed by atoms with E-state index in [9.17, 15) is 4.79 Å². The first-order valence-corrected chi connectivity index (χ1v) is 7.63. The molecule has 0 spiro atoms. The first kappa shape index (κ1) is 15.1. The Labute approximate surface area is 125 Å². The van der Waals surface area contributed by atoms with E-state index in [1.807, 2.05) is 0 Å². The maximum absolute atomic E-state index is 12.2. The Kier molecular flexibility index (Phi) is 5.68. The lowest BCUT2D eigenvalue weighted by Gasteiger charge is -2.21. The maximum atomic E-state index is 12.2. The van der Waals surface area contributed by atoms with Gasteiger partial charge in [-0.2, -0.15) is 0 Å². The van der Waals surface area contributed by atoms with Crippen molar-refractivity contribution in [2.24, 2.45) is 11.8 Å². The zero-order valence-electron chi connectivity index (χ0n) is 11.6. The molecule has 0 saturated heterocycles. The van der Waals surface area contributed by atoms with Gasteiger partial charge < -0.3 is 10.7 Å². The lowest BCUT2D eigenvalue weighted by Crippen LogP contribution is -2.27. The molecule has 5 heteroatoms. The van der Waals surface area contributed by atoms with Crippen molar-refractivity contribution in [1.29, 1.82) is 0 Å². The van der Waals surface area contributed by atoms with Gasteiger partial charge in [-0.25, -0.2) is 0 Å². The second-order valence-corrected chi connectivity index (χ2v) is 5.82. The molecule has 1 saturated carbocycles. The lowest BCUT2D eigenvalue weighted by atomic mass is 9.87. The molecule has 1 fully saturated rings. The average molecular weight is 296 g/mol. The van der Waals surface area contributed by atoms with Crippen molar-refractivity contribution >= 4 is 23.2 Å². The highest BCUT2D eigenvalue weighted by molar-refractivity contribution is 6.31. The summed E-state index contributed by atoms with van der Waals surface area (Å²) in [6.45, 7) is 0.708. The van der Waals surface area contributed by atoms with Gasteiger partial charge in [0.1, 0.15) is 0 Å². The monoisotopic (exact) mass is 295 g/mol. The Balaban J connectivity index is 1.86. The van der Waals surface area contributed by atoms with Gasteiger partial charge in [0.2, 0.25) is 0 Å². The van der Waals surface area contributed by atoms with Gasteiger partial charge in [-0.05, 0) is 30.5 Å². The summed E-state index contributed by atoms with van der Waals surface area (Å²) >= 11 is 5.93. The molecule has 1 aliphatic rings. The second-order valence-electron chi connectivity index (χ2n) is 5.38. The number of hydrogen-bond donors (Lipinski definition) is 3. The van der Waals surface area contributed by atoms with E-state index >= 15 is 0 Å². The summed E-state index contributed by atoms with van der Waals surface area (Å²) in [5.74, 6) is 6.04. The molecule has 4 N–H and O–H groups in total. The third kappa shape index (κ3) is 4.12. The van der Waals surface area contributed by atoms with Gasteiger partial charge in [-0.1, -0.05) is 43.7 Å². The fourth-order valence-electron chi connectivity index (χ4n) is 2.79. The maximum Gasteiger partial charge on any atom is 0.253 e. The largest absolute Gasteiger partial charge is 0.352 e. The fourth-order valence-corrected chi connectivity index (χ4v) is 2.96. The smallest absolute Gasteiger partial charge is 0.253 e. The number of halogens is 1. The van der Waals surface area contributed by atoms with E-state index in [4.69, 9.17) is 17.4 Å². The van der Waals surface area contributed by atoms with E-state index in [0.717, 1.165) is 12.3 Å². The Morgan fingerprint density at radius 2 is 2.05 bits per heavy atom. The van der Waals surface area contributed by atoms with Crippen molar-refractivity contribution in [2.75, 3.05) is 12.0 Å². The summed E-state index contributed by atoms with van der Waals surface area (Å²) in [6.07, 6.45) is 7.65. The van der Waals surface area contributed by atoms with E-state index in [1.165, 1.54) is 32.1 Å². The van der Waals surface area contributed by atoms with Crippen molar-refractivity contribution in [3.63, 3.8) is 0 Å². The van der Waals surface area contributed by atoms with Crippen LogP contribution in [0.2, 0.25) is 5.02 Å². The number of nitrogen functional groups attached to an aromatic ring is 1. The van der Waals surface area contributed by atoms with Crippen molar-refractivity contribution in [1.82, 2.24) is 5.32 Å². The Bertz CT molecular complexity index is 458. The minimum atomic E-state index is -0.128. The predicted octanol–water partition coefficient (Wildman–Crippen LogP) is 3.33. The lowest BCUT2D eigenvalue weighted by molar-refractivity contribution is 0.0951. The second kappa shape index (κ2) is 7.50. The van der Waals surface area contributed by atoms with Crippen molar-refractivity contribution in [3.05, 3.63) is 28.8 Å². The molecule has 20 heavy (non-hydrogen) atoms. The highest BCUT2D eigenvalue weighted by Gasteiger charge is 2.15. The molecular weight excluding hydrogens is 274 g/mol. The van der Waals surface area contributed by atoms with Crippen molar-refractivity contribution in [2.45, 2.75) is 38.5 Å². The number of amides is 1. The molecule has 0 radical (unpaired) electrons. The highest BCUT2D eigenvalue weighted by atomic mass is 35.5. The van der Waals surface area contributed by atoms with Crippen LogP contribution in [0.1, 0.15) is 48.9 Å². The van der Waals surface area contributed by atoms with Crippen LogP contribution in [0.3, 0.4) is 0 Å². The van der Waals surface area contributed by atoms with E-state index in [2.05, 4.69) is 10.7 Å². The van der Waals surface area contributed by atoms with Crippen LogP contribution in [-0.2, 0) is 0 Å². The number of hydrazine groups is 1. The Hall–Kier alpha value is -1.26. The zero-order chi connectivity index (χ0) is 14.4. The Morgan fingerprint density at radius 1 is 1.30 bits per heavy atom. The molecule has 1 aliphatic carbocycles. The molecule has 0 aromatic heterocycles.